The molecule has 1 N–H and O–H groups in total. The normalized spacial score (nSPS) is 20.7. The van der Waals surface area contributed by atoms with Gasteiger partial charge in [0.1, 0.15) is 0 Å². The highest BCUT2D eigenvalue weighted by atomic mass is 35.5. The standard InChI is InChI=1S/C14H18ClF2NO/c1-2-5-18-14(13-4-3-6-19-13)9-7-11(16)12(17)8-10(9)15/h7-8,13-14,18H,2-6H2,1H3. The Labute approximate surface area is 117 Å². The van der Waals surface area contributed by atoms with Gasteiger partial charge in [0.2, 0.25) is 0 Å². The van der Waals surface area contributed by atoms with Crippen LogP contribution in [0.5, 0.6) is 0 Å². The van der Waals surface area contributed by atoms with Gasteiger partial charge in [-0.3, -0.25) is 0 Å². The number of halogens is 3. The lowest BCUT2D eigenvalue weighted by molar-refractivity contribution is 0.0782. The number of hydrogen-bond donors (Lipinski definition) is 1. The smallest absolute Gasteiger partial charge is 0.160 e. The zero-order valence-electron chi connectivity index (χ0n) is 10.9. The van der Waals surface area contributed by atoms with Crippen LogP contribution in [0.1, 0.15) is 37.8 Å². The minimum absolute atomic E-state index is 0.0334. The summed E-state index contributed by atoms with van der Waals surface area (Å²) in [6.07, 6.45) is 2.80. The minimum atomic E-state index is -0.921. The van der Waals surface area contributed by atoms with Gasteiger partial charge in [-0.25, -0.2) is 8.78 Å². The average Bonchev–Trinajstić information content (AvgIpc) is 2.89. The zero-order chi connectivity index (χ0) is 13.8. The lowest BCUT2D eigenvalue weighted by atomic mass is 9.98. The summed E-state index contributed by atoms with van der Waals surface area (Å²) in [6.45, 7) is 3.53. The summed E-state index contributed by atoms with van der Waals surface area (Å²) in [5.74, 6) is -1.80. The molecule has 19 heavy (non-hydrogen) atoms. The largest absolute Gasteiger partial charge is 0.376 e. The van der Waals surface area contributed by atoms with E-state index in [2.05, 4.69) is 5.32 Å². The zero-order valence-corrected chi connectivity index (χ0v) is 11.6. The molecule has 0 radical (unpaired) electrons. The molecule has 1 saturated heterocycles. The molecule has 0 aliphatic carbocycles. The van der Waals surface area contributed by atoms with Crippen molar-refractivity contribution in [3.05, 3.63) is 34.4 Å². The van der Waals surface area contributed by atoms with Gasteiger partial charge in [0.15, 0.2) is 11.6 Å². The Morgan fingerprint density at radius 3 is 2.79 bits per heavy atom. The number of nitrogens with one attached hydrogen (secondary N) is 1. The molecule has 1 fully saturated rings. The van der Waals surface area contributed by atoms with Gasteiger partial charge in [0.05, 0.1) is 12.1 Å². The fraction of sp³-hybridized carbons (Fsp3) is 0.571. The molecule has 1 aliphatic rings. The van der Waals surface area contributed by atoms with E-state index in [0.29, 0.717) is 12.2 Å². The number of rotatable bonds is 5. The average molecular weight is 290 g/mol. The Hall–Kier alpha value is -0.710. The van der Waals surface area contributed by atoms with Crippen LogP contribution in [0.15, 0.2) is 12.1 Å². The van der Waals surface area contributed by atoms with Crippen LogP contribution in [0.3, 0.4) is 0 Å². The van der Waals surface area contributed by atoms with E-state index in [1.165, 1.54) is 6.07 Å². The molecule has 2 unspecified atom stereocenters. The third-order valence-corrected chi connectivity index (χ3v) is 3.65. The fourth-order valence-corrected chi connectivity index (χ4v) is 2.65. The summed E-state index contributed by atoms with van der Waals surface area (Å²) >= 11 is 6.05. The van der Waals surface area contributed by atoms with Gasteiger partial charge in [-0.05, 0) is 43.5 Å². The highest BCUT2D eigenvalue weighted by Gasteiger charge is 2.29. The number of benzene rings is 1. The van der Waals surface area contributed by atoms with Gasteiger partial charge in [-0.1, -0.05) is 18.5 Å². The quantitative estimate of drug-likeness (QED) is 0.832. The molecular weight excluding hydrogens is 272 g/mol. The monoisotopic (exact) mass is 289 g/mol. The Morgan fingerprint density at radius 1 is 1.42 bits per heavy atom. The third-order valence-electron chi connectivity index (χ3n) is 3.33. The van der Waals surface area contributed by atoms with Crippen molar-refractivity contribution in [2.75, 3.05) is 13.2 Å². The summed E-state index contributed by atoms with van der Waals surface area (Å²) in [6, 6.07) is 2.01. The maximum Gasteiger partial charge on any atom is 0.160 e. The van der Waals surface area contributed by atoms with Crippen LogP contribution < -0.4 is 5.32 Å². The molecule has 2 rings (SSSR count). The van der Waals surface area contributed by atoms with Gasteiger partial charge in [-0.2, -0.15) is 0 Å². The van der Waals surface area contributed by atoms with E-state index in [9.17, 15) is 8.78 Å². The minimum Gasteiger partial charge on any atom is -0.376 e. The predicted octanol–water partition coefficient (Wildman–Crippen LogP) is 3.84. The first kappa shape index (κ1) is 14.7. The topological polar surface area (TPSA) is 21.3 Å². The van der Waals surface area contributed by atoms with Crippen molar-refractivity contribution in [3.8, 4) is 0 Å². The van der Waals surface area contributed by atoms with Crippen molar-refractivity contribution in [1.82, 2.24) is 5.32 Å². The van der Waals surface area contributed by atoms with Gasteiger partial charge >= 0.3 is 0 Å². The van der Waals surface area contributed by atoms with E-state index in [-0.39, 0.29) is 17.2 Å². The predicted molar refractivity (Wildman–Crippen MR) is 71.4 cm³/mol. The van der Waals surface area contributed by atoms with Gasteiger partial charge < -0.3 is 10.1 Å². The maximum absolute atomic E-state index is 13.4. The summed E-state index contributed by atoms with van der Waals surface area (Å²) in [5, 5.41) is 3.56. The number of hydrogen-bond acceptors (Lipinski definition) is 2. The molecule has 0 spiro atoms. The van der Waals surface area contributed by atoms with Gasteiger partial charge in [0, 0.05) is 11.6 Å². The highest BCUT2D eigenvalue weighted by molar-refractivity contribution is 6.31. The van der Waals surface area contributed by atoms with Crippen molar-refractivity contribution < 1.29 is 13.5 Å². The second kappa shape index (κ2) is 6.64. The van der Waals surface area contributed by atoms with Gasteiger partial charge in [-0.15, -0.1) is 0 Å². The van der Waals surface area contributed by atoms with E-state index in [1.54, 1.807) is 0 Å². The van der Waals surface area contributed by atoms with Gasteiger partial charge in [0.25, 0.3) is 0 Å². The molecule has 106 valence electrons. The second-order valence-electron chi connectivity index (χ2n) is 4.77. The van der Waals surface area contributed by atoms with Crippen LogP contribution in [0.25, 0.3) is 0 Å². The SMILES string of the molecule is CCCNC(c1cc(F)c(F)cc1Cl)C1CCCO1. The Bertz CT molecular complexity index is 436. The van der Waals surface area contributed by atoms with Crippen LogP contribution in [0, 0.1) is 11.6 Å². The highest BCUT2D eigenvalue weighted by Crippen LogP contribution is 2.32. The summed E-state index contributed by atoms with van der Waals surface area (Å²) in [7, 11) is 0. The summed E-state index contributed by atoms with van der Waals surface area (Å²) in [4.78, 5) is 0. The van der Waals surface area contributed by atoms with E-state index < -0.39 is 11.6 Å². The Morgan fingerprint density at radius 2 is 2.16 bits per heavy atom. The van der Waals surface area contributed by atoms with Crippen LogP contribution >= 0.6 is 11.6 Å². The van der Waals surface area contributed by atoms with E-state index in [1.807, 2.05) is 6.92 Å². The lowest BCUT2D eigenvalue weighted by Gasteiger charge is -2.25. The first-order valence-electron chi connectivity index (χ1n) is 6.63. The summed E-state index contributed by atoms with van der Waals surface area (Å²) in [5.41, 5.74) is 0.570. The number of ether oxygens (including phenoxy) is 1. The Kier molecular flexibility index (Phi) is 5.13. The van der Waals surface area contributed by atoms with Crippen molar-refractivity contribution in [2.24, 2.45) is 0 Å². The first-order valence-corrected chi connectivity index (χ1v) is 7.00. The molecule has 1 aromatic carbocycles. The van der Waals surface area contributed by atoms with Crippen molar-refractivity contribution in [2.45, 2.75) is 38.3 Å². The molecule has 5 heteroatoms. The Balaban J connectivity index is 2.28. The molecule has 1 heterocycles. The van der Waals surface area contributed by atoms with Crippen molar-refractivity contribution >= 4 is 11.6 Å². The van der Waals surface area contributed by atoms with Crippen LogP contribution in [0.2, 0.25) is 5.02 Å². The lowest BCUT2D eigenvalue weighted by Crippen LogP contribution is -2.32. The van der Waals surface area contributed by atoms with E-state index in [0.717, 1.165) is 31.9 Å². The molecule has 0 saturated carbocycles. The van der Waals surface area contributed by atoms with Crippen molar-refractivity contribution in [1.29, 1.82) is 0 Å². The molecular formula is C14H18ClF2NO. The molecule has 0 aromatic heterocycles. The maximum atomic E-state index is 13.4. The van der Waals surface area contributed by atoms with Crippen LogP contribution in [-0.2, 0) is 4.74 Å². The first-order chi connectivity index (χ1) is 9.13. The van der Waals surface area contributed by atoms with Crippen LogP contribution in [0.4, 0.5) is 8.78 Å². The molecule has 0 bridgehead atoms. The van der Waals surface area contributed by atoms with Crippen molar-refractivity contribution in [3.63, 3.8) is 0 Å². The molecule has 0 amide bonds. The third kappa shape index (κ3) is 3.44. The fourth-order valence-electron chi connectivity index (χ4n) is 2.38. The second-order valence-corrected chi connectivity index (χ2v) is 5.18. The van der Waals surface area contributed by atoms with E-state index in [4.69, 9.17) is 16.3 Å². The molecule has 1 aliphatic heterocycles. The molecule has 2 nitrogen and oxygen atoms in total. The summed E-state index contributed by atoms with van der Waals surface area (Å²) < 4.78 is 32.2. The van der Waals surface area contributed by atoms with Crippen LogP contribution in [-0.4, -0.2) is 19.3 Å². The van der Waals surface area contributed by atoms with E-state index >= 15 is 0 Å². The molecule has 2 atom stereocenters. The molecule has 1 aromatic rings.